The highest BCUT2D eigenvalue weighted by Crippen LogP contribution is 2.27. The Balaban J connectivity index is 1.47. The van der Waals surface area contributed by atoms with Gasteiger partial charge in [-0.2, -0.15) is 5.10 Å². The summed E-state index contributed by atoms with van der Waals surface area (Å²) in [6.45, 7) is 0.296. The second kappa shape index (κ2) is 8.84. The number of hydrogen-bond donors (Lipinski definition) is 1. The molecule has 156 valence electrons. The van der Waals surface area contributed by atoms with E-state index < -0.39 is 10.8 Å². The summed E-state index contributed by atoms with van der Waals surface area (Å²) in [5, 5.41) is 21.3. The van der Waals surface area contributed by atoms with E-state index in [1.807, 2.05) is 30.3 Å². The van der Waals surface area contributed by atoms with E-state index in [0.29, 0.717) is 22.9 Å². The van der Waals surface area contributed by atoms with Crippen molar-refractivity contribution in [3.63, 3.8) is 0 Å². The lowest BCUT2D eigenvalue weighted by Crippen LogP contribution is -2.36. The monoisotopic (exact) mass is 435 g/mol. The van der Waals surface area contributed by atoms with E-state index in [-0.39, 0.29) is 30.1 Å². The minimum Gasteiger partial charge on any atom is -0.297 e. The molecule has 0 saturated heterocycles. The Hall–Kier alpha value is -3.92. The van der Waals surface area contributed by atoms with Crippen molar-refractivity contribution in [3.8, 4) is 11.3 Å². The Morgan fingerprint density at radius 1 is 1.16 bits per heavy atom. The fourth-order valence-corrected chi connectivity index (χ4v) is 3.77. The number of carbonyl (C=O) groups excluding carboxylic acids is 2. The summed E-state index contributed by atoms with van der Waals surface area (Å²) in [5.74, 6) is -0.562. The molecular formula is C21H17N5O4S. The van der Waals surface area contributed by atoms with Gasteiger partial charge in [-0.3, -0.25) is 25.0 Å². The Morgan fingerprint density at radius 2 is 1.97 bits per heavy atom. The second-order valence-electron chi connectivity index (χ2n) is 6.78. The fraction of sp³-hybridized carbons (Fsp3) is 0.143. The van der Waals surface area contributed by atoms with Crippen molar-refractivity contribution in [1.29, 1.82) is 0 Å². The van der Waals surface area contributed by atoms with E-state index in [2.05, 4.69) is 15.4 Å². The van der Waals surface area contributed by atoms with Crippen LogP contribution in [0.15, 0.2) is 65.1 Å². The summed E-state index contributed by atoms with van der Waals surface area (Å²) in [5.41, 5.74) is 2.25. The third kappa shape index (κ3) is 4.81. The highest BCUT2D eigenvalue weighted by Gasteiger charge is 2.25. The number of rotatable bonds is 6. The van der Waals surface area contributed by atoms with Gasteiger partial charge in [0.1, 0.15) is 5.71 Å². The molecule has 0 saturated carbocycles. The molecule has 0 bridgehead atoms. The summed E-state index contributed by atoms with van der Waals surface area (Å²) in [4.78, 5) is 39.7. The lowest BCUT2D eigenvalue weighted by atomic mass is 10.1. The number of carbonyl (C=O) groups is 2. The SMILES string of the molecule is O=C(Nc1nc(-c2cccc([N+](=O)[O-])c2)cs1)C1=NN(Cc2ccccc2)C(=O)CC1. The van der Waals surface area contributed by atoms with Crippen LogP contribution in [0.2, 0.25) is 0 Å². The minimum absolute atomic E-state index is 0.0316. The van der Waals surface area contributed by atoms with Gasteiger partial charge in [0.15, 0.2) is 5.13 Å². The first-order valence-corrected chi connectivity index (χ1v) is 10.3. The molecule has 2 amide bonds. The zero-order valence-electron chi connectivity index (χ0n) is 16.2. The van der Waals surface area contributed by atoms with Gasteiger partial charge in [-0.05, 0) is 5.56 Å². The van der Waals surface area contributed by atoms with Crippen LogP contribution in [0.4, 0.5) is 10.8 Å². The highest BCUT2D eigenvalue weighted by molar-refractivity contribution is 7.14. The maximum absolute atomic E-state index is 12.7. The Labute approximate surface area is 181 Å². The number of non-ortho nitro benzene ring substituents is 1. The van der Waals surface area contributed by atoms with Gasteiger partial charge in [-0.1, -0.05) is 42.5 Å². The summed E-state index contributed by atoms with van der Waals surface area (Å²) >= 11 is 1.21. The van der Waals surface area contributed by atoms with Crippen molar-refractivity contribution >= 4 is 39.7 Å². The Morgan fingerprint density at radius 3 is 2.74 bits per heavy atom. The maximum Gasteiger partial charge on any atom is 0.273 e. The molecule has 2 aromatic carbocycles. The van der Waals surface area contributed by atoms with Gasteiger partial charge < -0.3 is 0 Å². The maximum atomic E-state index is 12.7. The number of nitro groups is 1. The standard InChI is InChI=1S/C21H17N5O4S/c27-19-10-9-17(24-25(19)12-14-5-2-1-3-6-14)20(28)23-21-22-18(13-31-21)15-7-4-8-16(11-15)26(29)30/h1-8,11,13H,9-10,12H2,(H,22,23,28). The third-order valence-electron chi connectivity index (χ3n) is 4.62. The summed E-state index contributed by atoms with van der Waals surface area (Å²) in [6.07, 6.45) is 0.453. The fourth-order valence-electron chi connectivity index (χ4n) is 3.06. The molecule has 3 aromatic rings. The first-order valence-electron chi connectivity index (χ1n) is 9.43. The summed E-state index contributed by atoms with van der Waals surface area (Å²) in [6, 6.07) is 15.6. The molecule has 0 unspecified atom stereocenters. The molecule has 2 heterocycles. The number of amides is 2. The summed E-state index contributed by atoms with van der Waals surface area (Å²) in [7, 11) is 0. The van der Waals surface area contributed by atoms with E-state index >= 15 is 0 Å². The normalized spacial score (nSPS) is 13.6. The van der Waals surface area contributed by atoms with Crippen molar-refractivity contribution in [2.45, 2.75) is 19.4 Å². The van der Waals surface area contributed by atoms with Gasteiger partial charge in [0.25, 0.3) is 11.6 Å². The first kappa shape index (κ1) is 20.4. The first-order chi connectivity index (χ1) is 15.0. The number of nitrogens with one attached hydrogen (secondary N) is 1. The van der Waals surface area contributed by atoms with Gasteiger partial charge in [-0.15, -0.1) is 11.3 Å². The van der Waals surface area contributed by atoms with Crippen molar-refractivity contribution in [2.24, 2.45) is 5.10 Å². The number of hydrazone groups is 1. The smallest absolute Gasteiger partial charge is 0.273 e. The van der Waals surface area contributed by atoms with Crippen molar-refractivity contribution < 1.29 is 14.5 Å². The van der Waals surface area contributed by atoms with Crippen LogP contribution in [-0.4, -0.2) is 32.4 Å². The lowest BCUT2D eigenvalue weighted by Gasteiger charge is -2.23. The van der Waals surface area contributed by atoms with Crippen LogP contribution in [0.3, 0.4) is 0 Å². The molecule has 1 aromatic heterocycles. The van der Waals surface area contributed by atoms with Gasteiger partial charge in [0.2, 0.25) is 5.91 Å². The molecule has 0 radical (unpaired) electrons. The van der Waals surface area contributed by atoms with Crippen molar-refractivity contribution in [3.05, 3.63) is 75.7 Å². The minimum atomic E-state index is -0.470. The van der Waals surface area contributed by atoms with Crippen molar-refractivity contribution in [1.82, 2.24) is 9.99 Å². The number of nitro benzene ring substituents is 1. The molecule has 1 aliphatic heterocycles. The molecule has 0 spiro atoms. The Bertz CT molecular complexity index is 1180. The molecule has 1 aliphatic rings. The quantitative estimate of drug-likeness (QED) is 0.466. The van der Waals surface area contributed by atoms with Gasteiger partial charge in [0, 0.05) is 35.9 Å². The van der Waals surface area contributed by atoms with E-state index in [9.17, 15) is 19.7 Å². The molecule has 10 heteroatoms. The van der Waals surface area contributed by atoms with Crippen LogP contribution in [0.5, 0.6) is 0 Å². The van der Waals surface area contributed by atoms with E-state index in [0.717, 1.165) is 5.56 Å². The Kier molecular flexibility index (Phi) is 5.80. The van der Waals surface area contributed by atoms with Crippen molar-refractivity contribution in [2.75, 3.05) is 5.32 Å². The number of anilines is 1. The highest BCUT2D eigenvalue weighted by atomic mass is 32.1. The predicted octanol–water partition coefficient (Wildman–Crippen LogP) is 3.84. The van der Waals surface area contributed by atoms with E-state index in [1.165, 1.54) is 28.5 Å². The van der Waals surface area contributed by atoms with Crippen LogP contribution < -0.4 is 5.32 Å². The zero-order valence-corrected chi connectivity index (χ0v) is 17.0. The molecule has 31 heavy (non-hydrogen) atoms. The molecule has 4 rings (SSSR count). The predicted molar refractivity (Wildman–Crippen MR) is 116 cm³/mol. The zero-order chi connectivity index (χ0) is 21.8. The topological polar surface area (TPSA) is 118 Å². The second-order valence-corrected chi connectivity index (χ2v) is 7.64. The van der Waals surface area contributed by atoms with E-state index in [4.69, 9.17) is 0 Å². The number of thiazole rings is 1. The largest absolute Gasteiger partial charge is 0.297 e. The number of hydrogen-bond acceptors (Lipinski definition) is 7. The molecule has 1 N–H and O–H groups in total. The van der Waals surface area contributed by atoms with Crippen LogP contribution in [0, 0.1) is 10.1 Å². The van der Waals surface area contributed by atoms with Crippen LogP contribution in [0.25, 0.3) is 11.3 Å². The molecular weight excluding hydrogens is 418 g/mol. The van der Waals surface area contributed by atoms with Crippen LogP contribution in [0.1, 0.15) is 18.4 Å². The molecule has 0 fully saturated rings. The van der Waals surface area contributed by atoms with Crippen LogP contribution >= 0.6 is 11.3 Å². The molecule has 0 aliphatic carbocycles. The number of benzene rings is 2. The number of nitrogens with zero attached hydrogens (tertiary/aromatic N) is 4. The van der Waals surface area contributed by atoms with Gasteiger partial charge in [0.05, 0.1) is 17.2 Å². The van der Waals surface area contributed by atoms with Crippen LogP contribution in [-0.2, 0) is 16.1 Å². The number of aromatic nitrogens is 1. The third-order valence-corrected chi connectivity index (χ3v) is 5.38. The molecule has 9 nitrogen and oxygen atoms in total. The molecule has 0 atom stereocenters. The van der Waals surface area contributed by atoms with Gasteiger partial charge >= 0.3 is 0 Å². The average molecular weight is 435 g/mol. The van der Waals surface area contributed by atoms with E-state index in [1.54, 1.807) is 17.5 Å². The lowest BCUT2D eigenvalue weighted by molar-refractivity contribution is -0.384. The average Bonchev–Trinajstić information content (AvgIpc) is 3.24. The van der Waals surface area contributed by atoms with Gasteiger partial charge in [-0.25, -0.2) is 9.99 Å². The summed E-state index contributed by atoms with van der Waals surface area (Å²) < 4.78 is 0.